The number of carboxylic acids is 1. The number of hydrogen-bond acceptors (Lipinski definition) is 5. The molecule has 0 spiro atoms. The van der Waals surface area contributed by atoms with Crippen LogP contribution in [-0.4, -0.2) is 39.6 Å². The summed E-state index contributed by atoms with van der Waals surface area (Å²) in [6.45, 7) is 3.43. The Morgan fingerprint density at radius 1 is 1.14 bits per heavy atom. The van der Waals surface area contributed by atoms with E-state index in [1.807, 2.05) is 17.6 Å². The van der Waals surface area contributed by atoms with Gasteiger partial charge in [0, 0.05) is 23.2 Å². The molecule has 1 N–H and O–H groups in total. The first-order valence-corrected chi connectivity index (χ1v) is 11.5. The maximum Gasteiger partial charge on any atom is 0.344 e. The molecule has 4 rings (SSSR count). The molecule has 0 bridgehead atoms. The molecule has 9 heteroatoms. The third-order valence-corrected chi connectivity index (χ3v) is 6.14. The molecule has 0 saturated carbocycles. The van der Waals surface area contributed by atoms with Gasteiger partial charge in [0.15, 0.2) is 23.5 Å². The molecule has 0 radical (unpaired) electrons. The molecule has 7 nitrogen and oxygen atoms in total. The molecule has 0 aliphatic rings. The summed E-state index contributed by atoms with van der Waals surface area (Å²) in [5.41, 5.74) is 2.96. The highest BCUT2D eigenvalue weighted by Crippen LogP contribution is 2.30. The zero-order valence-electron chi connectivity index (χ0n) is 19.2. The number of aromatic nitrogens is 2. The Balaban J connectivity index is 1.77. The van der Waals surface area contributed by atoms with Crippen LogP contribution in [0.15, 0.2) is 59.2 Å². The monoisotopic (exact) mass is 540 g/mol. The van der Waals surface area contributed by atoms with Crippen molar-refractivity contribution in [3.05, 3.63) is 87.4 Å². The number of rotatable bonds is 8. The molecular formula is C26H22BrFN2O5. The second-order valence-corrected chi connectivity index (χ2v) is 8.78. The lowest BCUT2D eigenvalue weighted by Crippen LogP contribution is -2.23. The fourth-order valence-corrected chi connectivity index (χ4v) is 4.14. The smallest absolute Gasteiger partial charge is 0.344 e. The second kappa shape index (κ2) is 9.87. The van der Waals surface area contributed by atoms with Gasteiger partial charge in [-0.15, -0.1) is 0 Å². The van der Waals surface area contributed by atoms with Crippen molar-refractivity contribution in [3.63, 3.8) is 0 Å². The van der Waals surface area contributed by atoms with Gasteiger partial charge >= 0.3 is 5.97 Å². The average molecular weight is 541 g/mol. The van der Waals surface area contributed by atoms with Crippen LogP contribution in [0.25, 0.3) is 11.0 Å². The molecule has 2 heterocycles. The number of hydrogen-bond donors (Lipinski definition) is 1. The molecule has 0 amide bonds. The highest BCUT2D eigenvalue weighted by atomic mass is 79.9. The molecule has 0 aliphatic carbocycles. The molecule has 4 aromatic rings. The molecule has 0 unspecified atom stereocenters. The molecular weight excluding hydrogens is 519 g/mol. The Kier molecular flexibility index (Phi) is 6.88. The predicted molar refractivity (Wildman–Crippen MR) is 132 cm³/mol. The minimum Gasteiger partial charge on any atom is -0.497 e. The van der Waals surface area contributed by atoms with E-state index in [4.69, 9.17) is 14.6 Å². The fourth-order valence-electron chi connectivity index (χ4n) is 3.84. The molecule has 180 valence electrons. The van der Waals surface area contributed by atoms with Crippen molar-refractivity contribution in [3.8, 4) is 11.5 Å². The Hall–Kier alpha value is -3.72. The van der Waals surface area contributed by atoms with Crippen molar-refractivity contribution in [1.82, 2.24) is 9.55 Å². The zero-order chi connectivity index (χ0) is 25.3. The Bertz CT molecular complexity index is 1430. The van der Waals surface area contributed by atoms with E-state index < -0.39 is 17.9 Å². The summed E-state index contributed by atoms with van der Waals surface area (Å²) in [4.78, 5) is 29.2. The number of fused-ring (bicyclic) bond motifs is 1. The summed E-state index contributed by atoms with van der Waals surface area (Å²) < 4.78 is 27.2. The number of ether oxygens (including phenoxy) is 2. The summed E-state index contributed by atoms with van der Waals surface area (Å²) in [6.07, 6.45) is -1.21. The zero-order valence-corrected chi connectivity index (χ0v) is 20.8. The van der Waals surface area contributed by atoms with E-state index in [-0.39, 0.29) is 18.1 Å². The highest BCUT2D eigenvalue weighted by molar-refractivity contribution is 9.10. The van der Waals surface area contributed by atoms with Crippen LogP contribution in [0.1, 0.15) is 34.1 Å². The van der Waals surface area contributed by atoms with E-state index in [1.54, 1.807) is 43.5 Å². The van der Waals surface area contributed by atoms with Gasteiger partial charge in [0.25, 0.3) is 0 Å². The van der Waals surface area contributed by atoms with Gasteiger partial charge < -0.3 is 19.1 Å². The van der Waals surface area contributed by atoms with Gasteiger partial charge in [-0.1, -0.05) is 6.07 Å². The molecule has 0 fully saturated rings. The van der Waals surface area contributed by atoms with Crippen LogP contribution in [-0.2, 0) is 11.3 Å². The maximum absolute atomic E-state index is 14.3. The maximum atomic E-state index is 14.3. The van der Waals surface area contributed by atoms with E-state index in [2.05, 4.69) is 20.9 Å². The standard InChI is InChI=1S/C26H22BrFN2O5/c1-14-23(24(31)17-5-7-18(34-3)8-6-17)19-9-11-22(27)29-25(19)30(14)13-16-4-10-20(28)21(12-16)35-15(2)26(32)33/h4-12,15H,13H2,1-3H3,(H,32,33)/t15-/m0/s1. The SMILES string of the molecule is COc1ccc(C(=O)c2c(C)n(Cc3ccc(F)c(O[C@@H](C)C(=O)O)c3)c3nc(Br)ccc23)cc1. The number of benzene rings is 2. The van der Waals surface area contributed by atoms with Crippen molar-refractivity contribution in [2.24, 2.45) is 0 Å². The first-order chi connectivity index (χ1) is 16.7. The number of halogens is 2. The predicted octanol–water partition coefficient (Wildman–Crippen LogP) is 5.39. The van der Waals surface area contributed by atoms with Crippen LogP contribution in [0, 0.1) is 12.7 Å². The fraction of sp³-hybridized carbons (Fsp3) is 0.192. The molecule has 35 heavy (non-hydrogen) atoms. The van der Waals surface area contributed by atoms with Crippen LogP contribution < -0.4 is 9.47 Å². The lowest BCUT2D eigenvalue weighted by Gasteiger charge is -2.14. The first-order valence-electron chi connectivity index (χ1n) is 10.7. The van der Waals surface area contributed by atoms with Gasteiger partial charge in [-0.2, -0.15) is 0 Å². The number of ketones is 1. The van der Waals surface area contributed by atoms with Crippen molar-refractivity contribution >= 4 is 38.7 Å². The Labute approximate surface area is 209 Å². The average Bonchev–Trinajstić information content (AvgIpc) is 3.11. The van der Waals surface area contributed by atoms with Gasteiger partial charge in [-0.3, -0.25) is 4.79 Å². The highest BCUT2D eigenvalue weighted by Gasteiger charge is 2.23. The van der Waals surface area contributed by atoms with Crippen molar-refractivity contribution in [2.45, 2.75) is 26.5 Å². The van der Waals surface area contributed by atoms with E-state index in [0.29, 0.717) is 43.8 Å². The van der Waals surface area contributed by atoms with E-state index in [1.165, 1.54) is 19.1 Å². The van der Waals surface area contributed by atoms with Gasteiger partial charge in [0.2, 0.25) is 0 Å². The third-order valence-electron chi connectivity index (χ3n) is 5.70. The largest absolute Gasteiger partial charge is 0.497 e. The van der Waals surface area contributed by atoms with Crippen molar-refractivity contribution in [2.75, 3.05) is 7.11 Å². The number of methoxy groups -OCH3 is 1. The number of nitrogens with zero attached hydrogens (tertiary/aromatic N) is 2. The summed E-state index contributed by atoms with van der Waals surface area (Å²) in [5, 5.41) is 9.78. The van der Waals surface area contributed by atoms with Gasteiger partial charge in [0.05, 0.1) is 12.7 Å². The molecule has 2 aromatic heterocycles. The number of pyridine rings is 1. The summed E-state index contributed by atoms with van der Waals surface area (Å²) in [7, 11) is 1.56. The quantitative estimate of drug-likeness (QED) is 0.238. The van der Waals surface area contributed by atoms with Crippen LogP contribution in [0.2, 0.25) is 0 Å². The summed E-state index contributed by atoms with van der Waals surface area (Å²) >= 11 is 3.40. The molecule has 2 aromatic carbocycles. The van der Waals surface area contributed by atoms with Gasteiger partial charge in [0.1, 0.15) is 16.0 Å². The molecule has 0 saturated heterocycles. The van der Waals surface area contributed by atoms with Crippen LogP contribution in [0.4, 0.5) is 4.39 Å². The number of carbonyl (C=O) groups is 2. The molecule has 0 aliphatic heterocycles. The van der Waals surface area contributed by atoms with Crippen molar-refractivity contribution < 1.29 is 28.6 Å². The lowest BCUT2D eigenvalue weighted by atomic mass is 10.0. The van der Waals surface area contributed by atoms with E-state index in [9.17, 15) is 14.0 Å². The third kappa shape index (κ3) is 4.90. The summed E-state index contributed by atoms with van der Waals surface area (Å²) in [5.74, 6) is -1.52. The Morgan fingerprint density at radius 3 is 2.51 bits per heavy atom. The van der Waals surface area contributed by atoms with Crippen molar-refractivity contribution in [1.29, 1.82) is 0 Å². The minimum atomic E-state index is -1.21. The minimum absolute atomic E-state index is 0.156. The lowest BCUT2D eigenvalue weighted by molar-refractivity contribution is -0.144. The van der Waals surface area contributed by atoms with Crippen LogP contribution in [0.5, 0.6) is 11.5 Å². The van der Waals surface area contributed by atoms with E-state index in [0.717, 1.165) is 0 Å². The normalized spacial score (nSPS) is 11.9. The molecule has 1 atom stereocenters. The van der Waals surface area contributed by atoms with Crippen LogP contribution >= 0.6 is 15.9 Å². The Morgan fingerprint density at radius 2 is 1.86 bits per heavy atom. The van der Waals surface area contributed by atoms with Gasteiger partial charge in [-0.05, 0) is 83.9 Å². The van der Waals surface area contributed by atoms with E-state index >= 15 is 0 Å². The number of aliphatic carboxylic acids is 1. The summed E-state index contributed by atoms with van der Waals surface area (Å²) in [6, 6.07) is 14.8. The second-order valence-electron chi connectivity index (χ2n) is 7.97. The topological polar surface area (TPSA) is 90.7 Å². The number of carboxylic acid groups (broad SMARTS) is 1. The van der Waals surface area contributed by atoms with Gasteiger partial charge in [-0.25, -0.2) is 14.2 Å². The number of carbonyl (C=O) groups excluding carboxylic acids is 1. The first kappa shape index (κ1) is 24.4. The van der Waals surface area contributed by atoms with Crippen LogP contribution in [0.3, 0.4) is 0 Å².